The molecule has 1 aromatic carbocycles. The van der Waals surface area contributed by atoms with Crippen LogP contribution in [-0.4, -0.2) is 57.7 Å². The Hall–Kier alpha value is -2.37. The number of hydrogen-bond donors (Lipinski definition) is 0. The molecular formula is C21H29N3O3. The largest absolute Gasteiger partial charge is 0.333 e. The average Bonchev–Trinajstić information content (AvgIpc) is 2.68. The summed E-state index contributed by atoms with van der Waals surface area (Å²) < 4.78 is 0. The van der Waals surface area contributed by atoms with E-state index < -0.39 is 17.4 Å². The van der Waals surface area contributed by atoms with Gasteiger partial charge in [-0.25, -0.2) is 4.79 Å². The van der Waals surface area contributed by atoms with Crippen molar-refractivity contribution in [1.82, 2.24) is 14.7 Å². The smallest absolute Gasteiger partial charge is 0.327 e. The van der Waals surface area contributed by atoms with Crippen molar-refractivity contribution in [3.05, 3.63) is 35.4 Å². The normalized spacial score (nSPS) is 21.7. The van der Waals surface area contributed by atoms with Gasteiger partial charge in [-0.2, -0.15) is 0 Å². The summed E-state index contributed by atoms with van der Waals surface area (Å²) in [6, 6.07) is 7.79. The average molecular weight is 371 g/mol. The maximum atomic E-state index is 13.4. The van der Waals surface area contributed by atoms with Crippen LogP contribution in [-0.2, 0) is 21.5 Å². The van der Waals surface area contributed by atoms with Gasteiger partial charge in [-0.05, 0) is 43.7 Å². The number of urea groups is 1. The van der Waals surface area contributed by atoms with Crippen LogP contribution in [0.1, 0.15) is 52.2 Å². The monoisotopic (exact) mass is 371 g/mol. The fraction of sp³-hybridized carbons (Fsp3) is 0.571. The molecule has 0 aromatic heterocycles. The van der Waals surface area contributed by atoms with E-state index in [1.54, 1.807) is 4.90 Å². The first-order valence-electron chi connectivity index (χ1n) is 9.59. The van der Waals surface area contributed by atoms with Gasteiger partial charge in [0.05, 0.1) is 0 Å². The minimum atomic E-state index is -0.722. The fourth-order valence-corrected chi connectivity index (χ4v) is 4.61. The predicted octanol–water partition coefficient (Wildman–Crippen LogP) is 2.76. The van der Waals surface area contributed by atoms with Crippen LogP contribution in [0.25, 0.3) is 0 Å². The molecule has 3 rings (SSSR count). The minimum Gasteiger partial charge on any atom is -0.333 e. The van der Waals surface area contributed by atoms with Crippen molar-refractivity contribution in [2.75, 3.05) is 19.6 Å². The zero-order valence-corrected chi connectivity index (χ0v) is 16.9. The Kier molecular flexibility index (Phi) is 4.78. The molecule has 0 N–H and O–H groups in total. The molecule has 1 aromatic rings. The van der Waals surface area contributed by atoms with Crippen LogP contribution >= 0.6 is 0 Å². The summed E-state index contributed by atoms with van der Waals surface area (Å²) in [7, 11) is 0. The molecule has 146 valence electrons. The molecule has 2 aliphatic heterocycles. The third-order valence-corrected chi connectivity index (χ3v) is 5.83. The van der Waals surface area contributed by atoms with Gasteiger partial charge in [0.15, 0.2) is 0 Å². The number of nitrogens with zero attached hydrogens (tertiary/aromatic N) is 3. The van der Waals surface area contributed by atoms with E-state index >= 15 is 0 Å². The standard InChI is InChI=1S/C21H29N3O3/c1-6-22-11-12-23(18(26)17(22)25)19(27)24-13-15-9-7-8-10-16(15)20(2,3)14-21(24,4)5/h7-10H,6,11-14H2,1-5H3. The molecule has 2 heterocycles. The zero-order valence-electron chi connectivity index (χ0n) is 16.9. The fourth-order valence-electron chi connectivity index (χ4n) is 4.61. The third-order valence-electron chi connectivity index (χ3n) is 5.83. The first kappa shape index (κ1) is 19.4. The molecule has 1 fully saturated rings. The van der Waals surface area contributed by atoms with E-state index in [4.69, 9.17) is 0 Å². The number of amides is 4. The number of benzene rings is 1. The molecule has 27 heavy (non-hydrogen) atoms. The van der Waals surface area contributed by atoms with Crippen LogP contribution in [0.15, 0.2) is 24.3 Å². The van der Waals surface area contributed by atoms with Crippen molar-refractivity contribution >= 4 is 17.8 Å². The van der Waals surface area contributed by atoms with Crippen molar-refractivity contribution in [2.24, 2.45) is 0 Å². The number of carbonyl (C=O) groups excluding carboxylic acids is 3. The quantitative estimate of drug-likeness (QED) is 0.713. The Bertz CT molecular complexity index is 785. The summed E-state index contributed by atoms with van der Waals surface area (Å²) in [4.78, 5) is 42.5. The van der Waals surface area contributed by atoms with E-state index in [1.165, 1.54) is 10.5 Å². The lowest BCUT2D eigenvalue weighted by Crippen LogP contribution is -2.61. The van der Waals surface area contributed by atoms with E-state index in [-0.39, 0.29) is 18.0 Å². The highest BCUT2D eigenvalue weighted by molar-refractivity contribution is 6.38. The van der Waals surface area contributed by atoms with E-state index in [2.05, 4.69) is 19.9 Å². The van der Waals surface area contributed by atoms with Gasteiger partial charge in [0.2, 0.25) is 0 Å². The molecule has 0 aliphatic carbocycles. The van der Waals surface area contributed by atoms with Crippen LogP contribution in [0.4, 0.5) is 4.79 Å². The number of imide groups is 1. The van der Waals surface area contributed by atoms with Gasteiger partial charge in [-0.1, -0.05) is 38.1 Å². The van der Waals surface area contributed by atoms with Crippen molar-refractivity contribution in [3.63, 3.8) is 0 Å². The van der Waals surface area contributed by atoms with Crippen molar-refractivity contribution in [2.45, 2.75) is 58.5 Å². The Labute approximate surface area is 161 Å². The minimum absolute atomic E-state index is 0.101. The van der Waals surface area contributed by atoms with Gasteiger partial charge in [0, 0.05) is 31.7 Å². The van der Waals surface area contributed by atoms with Crippen molar-refractivity contribution < 1.29 is 14.4 Å². The molecule has 4 amide bonds. The first-order chi connectivity index (χ1) is 12.6. The summed E-state index contributed by atoms with van der Waals surface area (Å²) >= 11 is 0. The number of piperazine rings is 1. The first-order valence-corrected chi connectivity index (χ1v) is 9.59. The molecule has 0 bridgehead atoms. The molecule has 6 heteroatoms. The van der Waals surface area contributed by atoms with Crippen LogP contribution in [0.3, 0.4) is 0 Å². The summed E-state index contributed by atoms with van der Waals surface area (Å²) in [6.07, 6.45) is 0.764. The van der Waals surface area contributed by atoms with Gasteiger partial charge < -0.3 is 9.80 Å². The third kappa shape index (κ3) is 3.33. The second kappa shape index (κ2) is 6.66. The van der Waals surface area contributed by atoms with Gasteiger partial charge in [0.1, 0.15) is 0 Å². The molecule has 2 aliphatic rings. The highest BCUT2D eigenvalue weighted by atomic mass is 16.2. The van der Waals surface area contributed by atoms with Crippen molar-refractivity contribution in [1.29, 1.82) is 0 Å². The Balaban J connectivity index is 1.95. The van der Waals surface area contributed by atoms with E-state index in [9.17, 15) is 14.4 Å². The van der Waals surface area contributed by atoms with Gasteiger partial charge in [0.25, 0.3) is 0 Å². The topological polar surface area (TPSA) is 60.9 Å². The van der Waals surface area contributed by atoms with Gasteiger partial charge >= 0.3 is 17.8 Å². The Morgan fingerprint density at radius 1 is 1.04 bits per heavy atom. The highest BCUT2D eigenvalue weighted by Crippen LogP contribution is 2.41. The summed E-state index contributed by atoms with van der Waals surface area (Å²) in [5, 5.41) is 0. The molecular weight excluding hydrogens is 342 g/mol. The van der Waals surface area contributed by atoms with E-state index in [0.29, 0.717) is 19.6 Å². The van der Waals surface area contributed by atoms with Crippen LogP contribution in [0, 0.1) is 0 Å². The van der Waals surface area contributed by atoms with Crippen LogP contribution in [0.2, 0.25) is 0 Å². The second-order valence-corrected chi connectivity index (χ2v) is 8.74. The van der Waals surface area contributed by atoms with Crippen LogP contribution in [0.5, 0.6) is 0 Å². The maximum Gasteiger partial charge on any atom is 0.327 e. The summed E-state index contributed by atoms with van der Waals surface area (Å²) in [5.74, 6) is -1.31. The number of fused-ring (bicyclic) bond motifs is 1. The molecule has 6 nitrogen and oxygen atoms in total. The lowest BCUT2D eigenvalue weighted by Gasteiger charge is -2.43. The lowest BCUT2D eigenvalue weighted by atomic mass is 9.75. The van der Waals surface area contributed by atoms with Gasteiger partial charge in [-0.15, -0.1) is 0 Å². The van der Waals surface area contributed by atoms with Crippen molar-refractivity contribution in [3.8, 4) is 0 Å². The van der Waals surface area contributed by atoms with Crippen LogP contribution < -0.4 is 0 Å². The molecule has 0 saturated carbocycles. The second-order valence-electron chi connectivity index (χ2n) is 8.74. The number of carbonyl (C=O) groups is 3. The summed E-state index contributed by atoms with van der Waals surface area (Å²) in [5.41, 5.74) is 1.76. The molecule has 0 unspecified atom stereocenters. The maximum absolute atomic E-state index is 13.4. The molecule has 0 atom stereocenters. The molecule has 0 spiro atoms. The molecule has 0 radical (unpaired) electrons. The van der Waals surface area contributed by atoms with E-state index in [1.807, 2.05) is 39.0 Å². The number of hydrogen-bond acceptors (Lipinski definition) is 3. The van der Waals surface area contributed by atoms with Gasteiger partial charge in [-0.3, -0.25) is 14.5 Å². The highest BCUT2D eigenvalue weighted by Gasteiger charge is 2.45. The van der Waals surface area contributed by atoms with E-state index in [0.717, 1.165) is 16.9 Å². The predicted molar refractivity (Wildman–Crippen MR) is 103 cm³/mol. The molecule has 1 saturated heterocycles. The number of likely N-dealkylation sites (N-methyl/N-ethyl adjacent to an activating group) is 1. The lowest BCUT2D eigenvalue weighted by molar-refractivity contribution is -0.154. The SMILES string of the molecule is CCN1CCN(C(=O)N2Cc3ccccc3C(C)(C)CC2(C)C)C(=O)C1=O. The zero-order chi connectivity index (χ0) is 20.0. The Morgan fingerprint density at radius 3 is 2.37 bits per heavy atom. The summed E-state index contributed by atoms with van der Waals surface area (Å²) in [6.45, 7) is 11.8. The number of rotatable bonds is 1. The Morgan fingerprint density at radius 2 is 1.70 bits per heavy atom.